The Balaban J connectivity index is 1.97. The molecule has 0 bridgehead atoms. The second kappa shape index (κ2) is 6.09. The maximum atomic E-state index is 12.3. The van der Waals surface area contributed by atoms with E-state index in [1.807, 2.05) is 0 Å². The van der Waals surface area contributed by atoms with E-state index in [0.717, 1.165) is 29.3 Å². The van der Waals surface area contributed by atoms with Crippen LogP contribution in [-0.4, -0.2) is 56.3 Å². The molecule has 0 aromatic heterocycles. The van der Waals surface area contributed by atoms with Crippen molar-refractivity contribution >= 4 is 34.5 Å². The van der Waals surface area contributed by atoms with Crippen LogP contribution in [0.4, 0.5) is 0 Å². The second-order valence-corrected chi connectivity index (χ2v) is 7.24. The molecule has 3 aliphatic rings. The molecule has 0 radical (unpaired) electrons. The number of carbonyl (C=O) groups excluding carboxylic acids is 1. The summed E-state index contributed by atoms with van der Waals surface area (Å²) in [6.45, 7) is 2.18. The molecular weight excluding hydrogens is 401 g/mol. The molecule has 7 heteroatoms. The molecule has 1 amide bonds. The molecule has 0 aromatic rings. The van der Waals surface area contributed by atoms with Crippen molar-refractivity contribution in [3.63, 3.8) is 0 Å². The SMILES string of the molecule is C[C@@H](O)[C@H]1C(=O)N2C(C(=O)O)=C3[C@@H](OCCI)CCC[C@H]3[C@H]12. The van der Waals surface area contributed by atoms with E-state index in [1.165, 1.54) is 4.90 Å². The van der Waals surface area contributed by atoms with E-state index in [0.29, 0.717) is 6.61 Å². The molecule has 5 atom stereocenters. The number of hydrogen-bond acceptors (Lipinski definition) is 4. The van der Waals surface area contributed by atoms with E-state index in [1.54, 1.807) is 6.92 Å². The van der Waals surface area contributed by atoms with Gasteiger partial charge in [0.2, 0.25) is 5.91 Å². The summed E-state index contributed by atoms with van der Waals surface area (Å²) in [7, 11) is 0. The summed E-state index contributed by atoms with van der Waals surface area (Å²) >= 11 is 2.22. The molecule has 2 aliphatic heterocycles. The number of fused-ring (bicyclic) bond motifs is 3. The van der Waals surface area contributed by atoms with Gasteiger partial charge in [-0.15, -0.1) is 0 Å². The summed E-state index contributed by atoms with van der Waals surface area (Å²) in [4.78, 5) is 25.4. The number of β-lactam (4-membered cyclic amide) rings is 1. The van der Waals surface area contributed by atoms with Crippen molar-refractivity contribution in [2.24, 2.45) is 11.8 Å². The van der Waals surface area contributed by atoms with Crippen molar-refractivity contribution in [1.82, 2.24) is 4.90 Å². The van der Waals surface area contributed by atoms with Crippen LogP contribution in [0.3, 0.4) is 0 Å². The molecule has 122 valence electrons. The Labute approximate surface area is 142 Å². The van der Waals surface area contributed by atoms with Crippen LogP contribution in [0.5, 0.6) is 0 Å². The van der Waals surface area contributed by atoms with Crippen molar-refractivity contribution in [2.75, 3.05) is 11.0 Å². The van der Waals surface area contributed by atoms with Gasteiger partial charge in [0.15, 0.2) is 0 Å². The normalized spacial score (nSPS) is 35.0. The van der Waals surface area contributed by atoms with Gasteiger partial charge in [-0.3, -0.25) is 4.79 Å². The standard InChI is InChI=1S/C15H20INO5/c1-7(18)10-12-8-3-2-4-9(22-6-5-16)11(8)13(15(20)21)17(12)14(10)19/h7-10,12,18H,2-6H2,1H3,(H,20,21)/t7-,8-,9+,10-,12-/m1/s1. The fourth-order valence-electron chi connectivity index (χ4n) is 4.19. The van der Waals surface area contributed by atoms with E-state index >= 15 is 0 Å². The summed E-state index contributed by atoms with van der Waals surface area (Å²) in [5, 5.41) is 19.5. The fraction of sp³-hybridized carbons (Fsp3) is 0.733. The van der Waals surface area contributed by atoms with Gasteiger partial charge in [0.1, 0.15) is 5.70 Å². The summed E-state index contributed by atoms with van der Waals surface area (Å²) in [6, 6.07) is -0.209. The number of nitrogens with zero attached hydrogens (tertiary/aromatic N) is 1. The number of ether oxygens (including phenoxy) is 1. The lowest BCUT2D eigenvalue weighted by atomic mass is 9.71. The molecule has 0 unspecified atom stereocenters. The number of aliphatic hydroxyl groups excluding tert-OH is 1. The average molecular weight is 421 g/mol. The molecule has 1 saturated carbocycles. The number of amides is 1. The van der Waals surface area contributed by atoms with Crippen LogP contribution in [-0.2, 0) is 14.3 Å². The lowest BCUT2D eigenvalue weighted by Crippen LogP contribution is -2.64. The molecule has 22 heavy (non-hydrogen) atoms. The number of aliphatic carboxylic acids is 1. The summed E-state index contributed by atoms with van der Waals surface area (Å²) in [5.41, 5.74) is 0.875. The van der Waals surface area contributed by atoms with Crippen LogP contribution in [0, 0.1) is 11.8 Å². The topological polar surface area (TPSA) is 87.1 Å². The number of carboxylic acid groups (broad SMARTS) is 1. The third-order valence-electron chi connectivity index (χ3n) is 4.96. The van der Waals surface area contributed by atoms with E-state index in [2.05, 4.69) is 22.6 Å². The van der Waals surface area contributed by atoms with Crippen LogP contribution in [0.1, 0.15) is 26.2 Å². The number of hydrogen-bond donors (Lipinski definition) is 2. The molecule has 1 aliphatic carbocycles. The quantitative estimate of drug-likeness (QED) is 0.396. The minimum absolute atomic E-state index is 0.0105. The van der Waals surface area contributed by atoms with Crippen molar-refractivity contribution in [1.29, 1.82) is 0 Å². The van der Waals surface area contributed by atoms with Gasteiger partial charge in [-0.25, -0.2) is 4.79 Å². The molecule has 1 saturated heterocycles. The number of halogens is 1. The lowest BCUT2D eigenvalue weighted by Gasteiger charge is -2.47. The van der Waals surface area contributed by atoms with Crippen molar-refractivity contribution in [2.45, 2.75) is 44.4 Å². The average Bonchev–Trinajstić information content (AvgIpc) is 2.76. The largest absolute Gasteiger partial charge is 0.477 e. The maximum Gasteiger partial charge on any atom is 0.352 e. The van der Waals surface area contributed by atoms with Crippen LogP contribution in [0.2, 0.25) is 0 Å². The van der Waals surface area contributed by atoms with Crippen molar-refractivity contribution < 1.29 is 24.5 Å². The van der Waals surface area contributed by atoms with Gasteiger partial charge in [0.05, 0.1) is 30.8 Å². The number of aliphatic hydroxyl groups is 1. The Morgan fingerprint density at radius 2 is 2.23 bits per heavy atom. The first-order valence-electron chi connectivity index (χ1n) is 7.65. The summed E-state index contributed by atoms with van der Waals surface area (Å²) in [5.74, 6) is -1.81. The number of rotatable bonds is 5. The second-order valence-electron chi connectivity index (χ2n) is 6.16. The van der Waals surface area contributed by atoms with E-state index in [4.69, 9.17) is 4.74 Å². The van der Waals surface area contributed by atoms with E-state index in [9.17, 15) is 19.8 Å². The minimum Gasteiger partial charge on any atom is -0.477 e. The number of carboxylic acids is 1. The molecule has 6 nitrogen and oxygen atoms in total. The molecule has 3 rings (SSSR count). The predicted octanol–water partition coefficient (Wildman–Crippen LogP) is 1.17. The Morgan fingerprint density at radius 1 is 1.50 bits per heavy atom. The van der Waals surface area contributed by atoms with Crippen molar-refractivity contribution in [3.8, 4) is 0 Å². The highest BCUT2D eigenvalue weighted by atomic mass is 127. The highest BCUT2D eigenvalue weighted by Crippen LogP contribution is 2.52. The Bertz CT molecular complexity index is 532. The summed E-state index contributed by atoms with van der Waals surface area (Å²) < 4.78 is 6.70. The van der Waals surface area contributed by atoms with Gasteiger partial charge >= 0.3 is 5.97 Å². The van der Waals surface area contributed by atoms with Gasteiger partial charge < -0.3 is 19.8 Å². The monoisotopic (exact) mass is 421 g/mol. The fourth-order valence-corrected chi connectivity index (χ4v) is 4.45. The number of carbonyl (C=O) groups is 2. The third-order valence-corrected chi connectivity index (χ3v) is 5.40. The van der Waals surface area contributed by atoms with Crippen LogP contribution >= 0.6 is 22.6 Å². The van der Waals surface area contributed by atoms with Gasteiger partial charge in [0, 0.05) is 10.3 Å². The first kappa shape index (κ1) is 16.2. The van der Waals surface area contributed by atoms with E-state index < -0.39 is 18.0 Å². The van der Waals surface area contributed by atoms with Crippen molar-refractivity contribution in [3.05, 3.63) is 11.3 Å². The molecular formula is C15H20INO5. The van der Waals surface area contributed by atoms with E-state index in [-0.39, 0.29) is 29.7 Å². The van der Waals surface area contributed by atoms with Crippen LogP contribution < -0.4 is 0 Å². The molecule has 0 spiro atoms. The molecule has 0 aromatic carbocycles. The number of alkyl halides is 1. The van der Waals surface area contributed by atoms with Crippen LogP contribution in [0.15, 0.2) is 11.3 Å². The van der Waals surface area contributed by atoms with Gasteiger partial charge in [0.25, 0.3) is 0 Å². The highest BCUT2D eigenvalue weighted by Gasteiger charge is 2.62. The predicted molar refractivity (Wildman–Crippen MR) is 86.4 cm³/mol. The Hall–Kier alpha value is -0.670. The summed E-state index contributed by atoms with van der Waals surface area (Å²) in [6.07, 6.45) is 1.64. The lowest BCUT2D eigenvalue weighted by molar-refractivity contribution is -0.163. The van der Waals surface area contributed by atoms with Gasteiger partial charge in [-0.05, 0) is 31.8 Å². The molecule has 2 fully saturated rings. The third kappa shape index (κ3) is 2.28. The molecule has 2 N–H and O–H groups in total. The van der Waals surface area contributed by atoms with Crippen LogP contribution in [0.25, 0.3) is 0 Å². The van der Waals surface area contributed by atoms with Gasteiger partial charge in [-0.1, -0.05) is 22.6 Å². The first-order chi connectivity index (χ1) is 10.5. The highest BCUT2D eigenvalue weighted by molar-refractivity contribution is 14.1. The minimum atomic E-state index is -1.06. The van der Waals surface area contributed by atoms with Gasteiger partial charge in [-0.2, -0.15) is 0 Å². The Morgan fingerprint density at radius 3 is 2.82 bits per heavy atom. The zero-order valence-corrected chi connectivity index (χ0v) is 14.5. The zero-order chi connectivity index (χ0) is 16.0. The Kier molecular flexibility index (Phi) is 4.48. The smallest absolute Gasteiger partial charge is 0.352 e. The zero-order valence-electron chi connectivity index (χ0n) is 12.4. The maximum absolute atomic E-state index is 12.3. The molecule has 2 heterocycles. The first-order valence-corrected chi connectivity index (χ1v) is 9.17.